The number of ether oxygens (including phenoxy) is 1. The van der Waals surface area contributed by atoms with Gasteiger partial charge in [-0.05, 0) is 42.0 Å². The van der Waals surface area contributed by atoms with Crippen LogP contribution < -0.4 is 0 Å². The third-order valence-electron chi connectivity index (χ3n) is 4.36. The molecule has 1 aromatic rings. The van der Waals surface area contributed by atoms with Crippen LogP contribution in [-0.2, 0) is 11.2 Å². The fourth-order valence-electron chi connectivity index (χ4n) is 3.39. The Kier molecular flexibility index (Phi) is 4.39. The highest BCUT2D eigenvalue weighted by Crippen LogP contribution is 2.29. The van der Waals surface area contributed by atoms with Gasteiger partial charge in [-0.15, -0.1) is 0 Å². The first-order valence-electron chi connectivity index (χ1n) is 7.35. The molecule has 112 valence electrons. The van der Waals surface area contributed by atoms with E-state index in [1.165, 1.54) is 17.7 Å². The number of rotatable bonds is 4. The molecular formula is C15H19FN4O. The number of nitrogens with zero attached hydrogens (tertiary/aromatic N) is 4. The Balaban J connectivity index is 1.55. The summed E-state index contributed by atoms with van der Waals surface area (Å²) in [6, 6.07) is 7.26. The Morgan fingerprint density at radius 1 is 1.33 bits per heavy atom. The minimum absolute atomic E-state index is 0.0155. The van der Waals surface area contributed by atoms with Crippen LogP contribution >= 0.6 is 0 Å². The van der Waals surface area contributed by atoms with E-state index >= 15 is 0 Å². The predicted molar refractivity (Wildman–Crippen MR) is 77.3 cm³/mol. The molecule has 2 saturated heterocycles. The third kappa shape index (κ3) is 3.53. The zero-order valence-corrected chi connectivity index (χ0v) is 11.9. The Morgan fingerprint density at radius 2 is 2.14 bits per heavy atom. The van der Waals surface area contributed by atoms with Gasteiger partial charge in [-0.1, -0.05) is 17.2 Å². The highest BCUT2D eigenvalue weighted by atomic mass is 19.1. The van der Waals surface area contributed by atoms with Crippen LogP contribution in [0, 0.1) is 11.7 Å². The highest BCUT2D eigenvalue weighted by Gasteiger charge is 2.36. The monoisotopic (exact) mass is 290 g/mol. The number of azide groups is 1. The molecule has 6 heteroatoms. The van der Waals surface area contributed by atoms with Crippen LogP contribution in [0.5, 0.6) is 0 Å². The van der Waals surface area contributed by atoms with Crippen LogP contribution in [0.4, 0.5) is 4.39 Å². The van der Waals surface area contributed by atoms with Gasteiger partial charge in [0.25, 0.3) is 0 Å². The Hall–Kier alpha value is -1.62. The number of benzene rings is 1. The van der Waals surface area contributed by atoms with Crippen molar-refractivity contribution >= 4 is 0 Å². The maximum Gasteiger partial charge on any atom is 0.123 e. The smallest absolute Gasteiger partial charge is 0.123 e. The summed E-state index contributed by atoms with van der Waals surface area (Å²) in [4.78, 5) is 5.23. The van der Waals surface area contributed by atoms with Crippen LogP contribution in [0.15, 0.2) is 29.4 Å². The van der Waals surface area contributed by atoms with Gasteiger partial charge < -0.3 is 4.74 Å². The molecule has 0 spiro atoms. The predicted octanol–water partition coefficient (Wildman–Crippen LogP) is 2.77. The van der Waals surface area contributed by atoms with E-state index in [0.717, 1.165) is 25.9 Å². The average Bonchev–Trinajstić information content (AvgIpc) is 2.89. The van der Waals surface area contributed by atoms with E-state index in [1.54, 1.807) is 0 Å². The first-order chi connectivity index (χ1) is 10.2. The fourth-order valence-corrected chi connectivity index (χ4v) is 3.39. The summed E-state index contributed by atoms with van der Waals surface area (Å²) in [6.07, 6.45) is 2.11. The van der Waals surface area contributed by atoms with Crippen molar-refractivity contribution in [3.8, 4) is 0 Å². The second-order valence-electron chi connectivity index (χ2n) is 5.91. The summed E-state index contributed by atoms with van der Waals surface area (Å²) < 4.78 is 18.7. The van der Waals surface area contributed by atoms with Crippen molar-refractivity contribution in [2.24, 2.45) is 11.0 Å². The molecule has 2 aliphatic heterocycles. The van der Waals surface area contributed by atoms with Gasteiger partial charge in [-0.25, -0.2) is 4.39 Å². The molecule has 0 N–H and O–H groups in total. The average molecular weight is 290 g/mol. The normalized spacial score (nSPS) is 28.9. The van der Waals surface area contributed by atoms with E-state index in [1.807, 2.05) is 12.1 Å². The summed E-state index contributed by atoms with van der Waals surface area (Å²) in [5.74, 6) is 0.402. The van der Waals surface area contributed by atoms with Crippen molar-refractivity contribution in [3.63, 3.8) is 0 Å². The van der Waals surface area contributed by atoms with Gasteiger partial charge in [0.2, 0.25) is 0 Å². The van der Waals surface area contributed by atoms with Crippen molar-refractivity contribution < 1.29 is 9.13 Å². The molecular weight excluding hydrogens is 271 g/mol. The van der Waals surface area contributed by atoms with Gasteiger partial charge in [0.05, 0.1) is 19.3 Å². The van der Waals surface area contributed by atoms with Crippen LogP contribution in [0.25, 0.3) is 10.4 Å². The fraction of sp³-hybridized carbons (Fsp3) is 0.600. The molecule has 0 bridgehead atoms. The van der Waals surface area contributed by atoms with E-state index in [2.05, 4.69) is 14.9 Å². The summed E-state index contributed by atoms with van der Waals surface area (Å²) >= 11 is 0. The number of hydrogen-bond acceptors (Lipinski definition) is 3. The molecule has 0 aliphatic carbocycles. The van der Waals surface area contributed by atoms with E-state index < -0.39 is 0 Å². The van der Waals surface area contributed by atoms with Crippen LogP contribution in [0.3, 0.4) is 0 Å². The second kappa shape index (κ2) is 6.43. The van der Waals surface area contributed by atoms with Crippen LogP contribution in [-0.4, -0.2) is 43.3 Å². The van der Waals surface area contributed by atoms with E-state index in [9.17, 15) is 4.39 Å². The molecule has 2 aliphatic rings. The molecule has 1 aromatic carbocycles. The number of fused-ring (bicyclic) bond motifs is 1. The van der Waals surface area contributed by atoms with Crippen molar-refractivity contribution in [2.75, 3.05) is 26.2 Å². The second-order valence-corrected chi connectivity index (χ2v) is 5.91. The van der Waals surface area contributed by atoms with Crippen molar-refractivity contribution in [1.29, 1.82) is 0 Å². The Morgan fingerprint density at radius 3 is 2.90 bits per heavy atom. The molecule has 0 unspecified atom stereocenters. The van der Waals surface area contributed by atoms with Gasteiger partial charge in [-0.2, -0.15) is 0 Å². The summed E-state index contributed by atoms with van der Waals surface area (Å²) in [6.45, 7) is 3.00. The molecule has 2 heterocycles. The SMILES string of the molecule is [N-]=[N+]=NC[C@H]1CN2C[C@@H](Cc3ccc(F)cc3)C[C@@H]2CO1. The minimum atomic E-state index is -0.183. The Bertz CT molecular complexity index is 529. The molecule has 0 saturated carbocycles. The van der Waals surface area contributed by atoms with E-state index in [4.69, 9.17) is 10.3 Å². The van der Waals surface area contributed by atoms with E-state index in [0.29, 0.717) is 25.1 Å². The molecule has 0 aromatic heterocycles. The maximum atomic E-state index is 12.9. The number of halogens is 1. The molecule has 0 radical (unpaired) electrons. The third-order valence-corrected chi connectivity index (χ3v) is 4.36. The summed E-state index contributed by atoms with van der Waals surface area (Å²) in [5, 5.41) is 3.60. The number of morpholine rings is 1. The van der Waals surface area contributed by atoms with Gasteiger partial charge >= 0.3 is 0 Å². The molecule has 21 heavy (non-hydrogen) atoms. The lowest BCUT2D eigenvalue weighted by Gasteiger charge is -2.34. The van der Waals surface area contributed by atoms with Crippen molar-refractivity contribution in [2.45, 2.75) is 25.0 Å². The summed E-state index contributed by atoms with van der Waals surface area (Å²) in [7, 11) is 0. The zero-order chi connectivity index (χ0) is 14.7. The molecule has 5 nitrogen and oxygen atoms in total. The largest absolute Gasteiger partial charge is 0.375 e. The van der Waals surface area contributed by atoms with Gasteiger partial charge in [0.1, 0.15) is 5.82 Å². The minimum Gasteiger partial charge on any atom is -0.375 e. The Labute approximate surface area is 123 Å². The first kappa shape index (κ1) is 14.3. The first-order valence-corrected chi connectivity index (χ1v) is 7.35. The molecule has 3 atom stereocenters. The molecule has 0 amide bonds. The van der Waals surface area contributed by atoms with E-state index in [-0.39, 0.29) is 11.9 Å². The lowest BCUT2D eigenvalue weighted by Crippen LogP contribution is -2.47. The lowest BCUT2D eigenvalue weighted by molar-refractivity contribution is -0.0434. The quantitative estimate of drug-likeness (QED) is 0.486. The van der Waals surface area contributed by atoms with Gasteiger partial charge in [0, 0.05) is 24.0 Å². The van der Waals surface area contributed by atoms with Crippen LogP contribution in [0.2, 0.25) is 0 Å². The van der Waals surface area contributed by atoms with Crippen molar-refractivity contribution in [1.82, 2.24) is 4.90 Å². The lowest BCUT2D eigenvalue weighted by atomic mass is 9.97. The molecule has 2 fully saturated rings. The standard InChI is InChI=1S/C15H19FN4O/c16-13-3-1-11(2-4-13)5-12-6-14-10-21-15(7-18-19-17)9-20(14)8-12/h1-4,12,14-15H,5-10H2/t12-,14+,15-/m0/s1. The maximum absolute atomic E-state index is 12.9. The van der Waals surface area contributed by atoms with Crippen LogP contribution in [0.1, 0.15) is 12.0 Å². The van der Waals surface area contributed by atoms with Crippen molar-refractivity contribution in [3.05, 3.63) is 46.1 Å². The van der Waals surface area contributed by atoms with Gasteiger partial charge in [-0.3, -0.25) is 4.90 Å². The zero-order valence-electron chi connectivity index (χ0n) is 11.9. The van der Waals surface area contributed by atoms with Gasteiger partial charge in [0.15, 0.2) is 0 Å². The number of hydrogen-bond donors (Lipinski definition) is 0. The topological polar surface area (TPSA) is 61.2 Å². The molecule has 3 rings (SSSR count). The highest BCUT2D eigenvalue weighted by molar-refractivity contribution is 5.17. The summed E-state index contributed by atoms with van der Waals surface area (Å²) in [5.41, 5.74) is 9.56.